The van der Waals surface area contributed by atoms with Crippen molar-refractivity contribution < 1.29 is 19.3 Å². The maximum Gasteiger partial charge on any atom is 0.237 e. The first-order chi connectivity index (χ1) is 24.5. The fourth-order valence-electron chi connectivity index (χ4n) is 8.11. The molecule has 7 rings (SSSR count). The lowest BCUT2D eigenvalue weighted by atomic mass is 10.0. The summed E-state index contributed by atoms with van der Waals surface area (Å²) in [5, 5.41) is 18.2. The minimum Gasteiger partial charge on any atom is -0.506 e. The van der Waals surface area contributed by atoms with Crippen LogP contribution in [0, 0.1) is 0 Å². The number of aryl methyl sites for hydroxylation is 1. The van der Waals surface area contributed by atoms with E-state index in [0.29, 0.717) is 0 Å². The number of benzene rings is 4. The Kier molecular flexibility index (Phi) is 10.1. The van der Waals surface area contributed by atoms with E-state index in [4.69, 9.17) is 0 Å². The average Bonchev–Trinajstić information content (AvgIpc) is 3.68. The van der Waals surface area contributed by atoms with Gasteiger partial charge in [0.2, 0.25) is 23.0 Å². The fraction of sp³-hybridized carbons (Fsp3) is 0.356. The van der Waals surface area contributed by atoms with E-state index in [-0.39, 0.29) is 16.9 Å². The number of aliphatic hydroxyl groups is 1. The SMILES string of the molecule is CCCCCCCCn1c(=CC2=C(O)C(=CC3=[N+](CCCCCCCC)c4cccc5cccc3c45)C(=O)C2=O)c2cccc3cccc1c32. The number of ketones is 2. The molecule has 4 aromatic carbocycles. The van der Waals surface area contributed by atoms with Crippen molar-refractivity contribution in [3.63, 3.8) is 0 Å². The van der Waals surface area contributed by atoms with Crippen molar-refractivity contribution in [3.05, 3.63) is 107 Å². The number of aliphatic hydroxyl groups excluding tert-OH is 1. The number of unbranched alkanes of at least 4 members (excludes halogenated alkanes) is 10. The molecule has 0 bridgehead atoms. The Bertz CT molecular complexity index is 2240. The Morgan fingerprint density at radius 2 is 1.28 bits per heavy atom. The predicted octanol–water partition coefficient (Wildman–Crippen LogP) is 10.2. The van der Waals surface area contributed by atoms with E-state index in [0.717, 1.165) is 93.5 Å². The summed E-state index contributed by atoms with van der Waals surface area (Å²) in [6, 6.07) is 25.1. The van der Waals surface area contributed by atoms with E-state index >= 15 is 0 Å². The van der Waals surface area contributed by atoms with E-state index in [1.807, 2.05) is 12.1 Å². The van der Waals surface area contributed by atoms with Crippen molar-refractivity contribution >= 4 is 61.5 Å². The summed E-state index contributed by atoms with van der Waals surface area (Å²) >= 11 is 0. The molecule has 0 radical (unpaired) electrons. The van der Waals surface area contributed by atoms with Crippen molar-refractivity contribution in [1.29, 1.82) is 0 Å². The maximum atomic E-state index is 13.8. The molecule has 0 atom stereocenters. The number of rotatable bonds is 16. The highest BCUT2D eigenvalue weighted by molar-refractivity contribution is 6.55. The van der Waals surface area contributed by atoms with Gasteiger partial charge in [-0.1, -0.05) is 126 Å². The third-order valence-electron chi connectivity index (χ3n) is 10.7. The highest BCUT2D eigenvalue weighted by atomic mass is 16.3. The van der Waals surface area contributed by atoms with Crippen LogP contribution in [0.3, 0.4) is 0 Å². The Hall–Kier alpha value is -4.77. The van der Waals surface area contributed by atoms with Gasteiger partial charge in [0, 0.05) is 46.7 Å². The number of nitrogens with zero attached hydrogens (tertiary/aromatic N) is 2. The molecule has 2 aliphatic rings. The summed E-state index contributed by atoms with van der Waals surface area (Å²) < 4.78 is 4.56. The molecule has 1 aliphatic heterocycles. The van der Waals surface area contributed by atoms with Crippen LogP contribution in [-0.2, 0) is 16.1 Å². The van der Waals surface area contributed by atoms with Gasteiger partial charge in [-0.3, -0.25) is 9.59 Å². The lowest BCUT2D eigenvalue weighted by molar-refractivity contribution is -0.436. The molecule has 5 nitrogen and oxygen atoms in total. The number of carbonyl (C=O) groups excluding carboxylic acids is 2. The second-order valence-corrected chi connectivity index (χ2v) is 14.1. The van der Waals surface area contributed by atoms with Gasteiger partial charge < -0.3 is 9.67 Å². The molecule has 5 aromatic rings. The first kappa shape index (κ1) is 33.7. The van der Waals surface area contributed by atoms with E-state index in [9.17, 15) is 14.7 Å². The molecule has 50 heavy (non-hydrogen) atoms. The van der Waals surface area contributed by atoms with E-state index in [2.05, 4.69) is 83.7 Å². The number of carbonyl (C=O) groups is 2. The molecule has 5 heteroatoms. The standard InChI is InChI=1S/C45H48N2O3/c1-3-5-7-9-11-13-27-46-37-25-17-21-31-19-15-23-33(41(31)37)39(46)29-35-43(48)36(45(50)44(35)49)30-40-34-24-16-20-32-22-18-26-38(42(32)34)47(40)28-14-12-10-8-6-4-2/h15-26,29-30H,3-14,27-28H2,1-2H3/p+1. The largest absolute Gasteiger partial charge is 0.506 e. The molecule has 0 fully saturated rings. The van der Waals surface area contributed by atoms with Crippen LogP contribution in [0.5, 0.6) is 0 Å². The van der Waals surface area contributed by atoms with E-state index in [1.165, 1.54) is 51.4 Å². The Labute approximate surface area is 295 Å². The Morgan fingerprint density at radius 3 is 2.02 bits per heavy atom. The number of hydrogen-bond donors (Lipinski definition) is 1. The van der Waals surface area contributed by atoms with Crippen molar-refractivity contribution in [2.75, 3.05) is 6.54 Å². The topological polar surface area (TPSA) is 62.3 Å². The predicted molar refractivity (Wildman–Crippen MR) is 206 cm³/mol. The van der Waals surface area contributed by atoms with E-state index in [1.54, 1.807) is 12.2 Å². The molecule has 0 unspecified atom stereocenters. The van der Waals surface area contributed by atoms with Gasteiger partial charge in [-0.15, -0.1) is 0 Å². The first-order valence-electron chi connectivity index (χ1n) is 19.0. The highest BCUT2D eigenvalue weighted by Crippen LogP contribution is 2.37. The van der Waals surface area contributed by atoms with Crippen molar-refractivity contribution in [2.45, 2.75) is 97.4 Å². The lowest BCUT2D eigenvalue weighted by Crippen LogP contribution is -2.19. The van der Waals surface area contributed by atoms with Crippen molar-refractivity contribution in [3.8, 4) is 0 Å². The normalized spacial score (nSPS) is 15.9. The van der Waals surface area contributed by atoms with E-state index < -0.39 is 11.6 Å². The molecule has 0 saturated carbocycles. The summed E-state index contributed by atoms with van der Waals surface area (Å²) in [4.78, 5) is 27.5. The third kappa shape index (κ3) is 6.23. The maximum absolute atomic E-state index is 13.8. The van der Waals surface area contributed by atoms with Crippen LogP contribution in [0.2, 0.25) is 0 Å². The molecule has 1 aliphatic carbocycles. The van der Waals surface area contributed by atoms with Crippen LogP contribution in [0.4, 0.5) is 5.69 Å². The molecule has 1 N–H and O–H groups in total. The fourth-order valence-corrected chi connectivity index (χ4v) is 8.11. The number of Topliss-reactive ketones (excluding diaryl/α,β-unsaturated/α-hetero) is 2. The Morgan fingerprint density at radius 1 is 0.660 bits per heavy atom. The van der Waals surface area contributed by atoms with Crippen LogP contribution < -0.4 is 5.35 Å². The van der Waals surface area contributed by atoms with Crippen LogP contribution in [0.15, 0.2) is 95.8 Å². The number of aromatic nitrogens is 1. The van der Waals surface area contributed by atoms with Gasteiger partial charge >= 0.3 is 0 Å². The zero-order valence-corrected chi connectivity index (χ0v) is 29.6. The minimum atomic E-state index is -0.652. The second kappa shape index (κ2) is 15.0. The molecule has 0 saturated heterocycles. The van der Waals surface area contributed by atoms with Crippen LogP contribution in [0.1, 0.15) is 96.5 Å². The average molecular weight is 666 g/mol. The smallest absolute Gasteiger partial charge is 0.237 e. The number of allylic oxidation sites excluding steroid dienone is 3. The van der Waals surface area contributed by atoms with Crippen molar-refractivity contribution in [2.24, 2.45) is 0 Å². The monoisotopic (exact) mass is 665 g/mol. The van der Waals surface area contributed by atoms with Crippen LogP contribution in [0.25, 0.3) is 38.5 Å². The quantitative estimate of drug-likeness (QED) is 0.0494. The minimum absolute atomic E-state index is 0.0748. The van der Waals surface area contributed by atoms with Crippen LogP contribution in [-0.4, -0.2) is 38.1 Å². The third-order valence-corrected chi connectivity index (χ3v) is 10.7. The van der Waals surface area contributed by atoms with Gasteiger partial charge in [0.25, 0.3) is 0 Å². The zero-order valence-electron chi connectivity index (χ0n) is 29.6. The summed E-state index contributed by atoms with van der Waals surface area (Å²) in [7, 11) is 0. The summed E-state index contributed by atoms with van der Waals surface area (Å²) in [6.45, 7) is 6.07. The van der Waals surface area contributed by atoms with Gasteiger partial charge in [0.15, 0.2) is 0 Å². The van der Waals surface area contributed by atoms with Crippen LogP contribution >= 0.6 is 0 Å². The summed E-state index contributed by atoms with van der Waals surface area (Å²) in [5.41, 5.74) is 4.27. The molecule has 0 amide bonds. The van der Waals surface area contributed by atoms with Crippen molar-refractivity contribution in [1.82, 2.24) is 4.57 Å². The summed E-state index contributed by atoms with van der Waals surface area (Å²) in [6.07, 6.45) is 17.7. The zero-order chi connectivity index (χ0) is 34.6. The molecule has 1 aromatic heterocycles. The van der Waals surface area contributed by atoms with Gasteiger partial charge in [-0.25, -0.2) is 0 Å². The molecule has 2 heterocycles. The lowest BCUT2D eigenvalue weighted by Gasteiger charge is -2.07. The highest BCUT2D eigenvalue weighted by Gasteiger charge is 2.38. The second-order valence-electron chi connectivity index (χ2n) is 14.1. The summed E-state index contributed by atoms with van der Waals surface area (Å²) in [5.74, 6) is -1.54. The van der Waals surface area contributed by atoms with Gasteiger partial charge in [0.1, 0.15) is 12.3 Å². The Balaban J connectivity index is 1.31. The van der Waals surface area contributed by atoms with Gasteiger partial charge in [0.05, 0.1) is 22.1 Å². The van der Waals surface area contributed by atoms with Gasteiger partial charge in [-0.05, 0) is 41.8 Å². The molecular weight excluding hydrogens is 617 g/mol. The molecule has 0 spiro atoms. The molecule has 256 valence electrons. The number of hydrogen-bond acceptors (Lipinski definition) is 3. The molecular formula is C45H49N2O3+. The first-order valence-corrected chi connectivity index (χ1v) is 19.0. The van der Waals surface area contributed by atoms with Gasteiger partial charge in [-0.2, -0.15) is 4.58 Å².